The molecule has 0 aliphatic rings. The number of carboxylic acids is 1. The Balaban J connectivity index is 2.10. The lowest BCUT2D eigenvalue weighted by Gasteiger charge is -2.11. The maximum absolute atomic E-state index is 12.4. The van der Waals surface area contributed by atoms with Crippen LogP contribution in [0, 0.1) is 5.92 Å². The topological polar surface area (TPSA) is 89.6 Å². The van der Waals surface area contributed by atoms with Gasteiger partial charge in [0.25, 0.3) is 0 Å². The molecule has 128 valence electrons. The van der Waals surface area contributed by atoms with E-state index in [1.165, 1.54) is 24.3 Å². The predicted octanol–water partition coefficient (Wildman–Crippen LogP) is 3.59. The number of fused-ring (bicyclic) bond motifs is 1. The molecule has 6 nitrogen and oxygen atoms in total. The van der Waals surface area contributed by atoms with Crippen LogP contribution in [0.1, 0.15) is 24.2 Å². The number of ether oxygens (including phenoxy) is 1. The van der Waals surface area contributed by atoms with Crippen molar-refractivity contribution < 1.29 is 19.1 Å². The van der Waals surface area contributed by atoms with Gasteiger partial charge in [-0.05, 0) is 36.2 Å². The molecule has 1 aromatic carbocycles. The molecule has 3 aromatic rings. The van der Waals surface area contributed by atoms with E-state index in [4.69, 9.17) is 14.3 Å². The van der Waals surface area contributed by atoms with Crippen molar-refractivity contribution in [2.24, 2.45) is 5.92 Å². The van der Waals surface area contributed by atoms with Gasteiger partial charge in [0.2, 0.25) is 5.88 Å². The summed E-state index contributed by atoms with van der Waals surface area (Å²) in [4.78, 5) is 27.7. The van der Waals surface area contributed by atoms with Crippen LogP contribution < -0.4 is 10.2 Å². The van der Waals surface area contributed by atoms with Crippen molar-refractivity contribution in [2.75, 3.05) is 6.61 Å². The van der Waals surface area contributed by atoms with E-state index in [-0.39, 0.29) is 16.4 Å². The zero-order valence-corrected chi connectivity index (χ0v) is 13.9. The third-order valence-electron chi connectivity index (χ3n) is 3.56. The monoisotopic (exact) mass is 339 g/mol. The van der Waals surface area contributed by atoms with Gasteiger partial charge >= 0.3 is 5.97 Å². The van der Waals surface area contributed by atoms with Crippen LogP contribution in [0.2, 0.25) is 0 Å². The van der Waals surface area contributed by atoms with E-state index in [1.54, 1.807) is 18.3 Å². The van der Waals surface area contributed by atoms with Gasteiger partial charge in [-0.25, -0.2) is 9.78 Å². The number of aromatic nitrogens is 1. The molecular weight excluding hydrogens is 322 g/mol. The number of carboxylic acid groups (broad SMARTS) is 1. The van der Waals surface area contributed by atoms with Crippen LogP contribution in [0.4, 0.5) is 0 Å². The van der Waals surface area contributed by atoms with Crippen molar-refractivity contribution in [3.05, 3.63) is 58.4 Å². The number of hydrogen-bond acceptors (Lipinski definition) is 5. The second kappa shape index (κ2) is 6.76. The van der Waals surface area contributed by atoms with Crippen LogP contribution in [0.15, 0.2) is 51.8 Å². The molecular formula is C19H17NO5. The summed E-state index contributed by atoms with van der Waals surface area (Å²) in [6, 6.07) is 9.01. The first-order valence-electron chi connectivity index (χ1n) is 7.85. The van der Waals surface area contributed by atoms with Crippen molar-refractivity contribution in [1.82, 2.24) is 4.98 Å². The maximum atomic E-state index is 12.4. The van der Waals surface area contributed by atoms with E-state index in [2.05, 4.69) is 4.98 Å². The Hall–Kier alpha value is -3.15. The first kappa shape index (κ1) is 16.7. The van der Waals surface area contributed by atoms with Crippen molar-refractivity contribution in [1.29, 1.82) is 0 Å². The fraction of sp³-hybridized carbons (Fsp3) is 0.211. The highest BCUT2D eigenvalue weighted by Gasteiger charge is 2.14. The summed E-state index contributed by atoms with van der Waals surface area (Å²) in [5.74, 6) is -0.0526. The molecule has 0 radical (unpaired) electrons. The number of hydrogen-bond donors (Lipinski definition) is 1. The normalized spacial score (nSPS) is 11.0. The summed E-state index contributed by atoms with van der Waals surface area (Å²) < 4.78 is 11.5. The molecule has 6 heteroatoms. The van der Waals surface area contributed by atoms with Crippen LogP contribution in [0.3, 0.4) is 0 Å². The molecule has 25 heavy (non-hydrogen) atoms. The lowest BCUT2D eigenvalue weighted by atomic mass is 10.1. The second-order valence-electron chi connectivity index (χ2n) is 6.05. The number of rotatable bonds is 5. The smallest absolute Gasteiger partial charge is 0.335 e. The third kappa shape index (κ3) is 3.52. The molecule has 0 amide bonds. The summed E-state index contributed by atoms with van der Waals surface area (Å²) in [5, 5.41) is 9.27. The predicted molar refractivity (Wildman–Crippen MR) is 93.0 cm³/mol. The van der Waals surface area contributed by atoms with Gasteiger partial charge in [0, 0.05) is 12.3 Å². The number of benzene rings is 1. The Bertz CT molecular complexity index is 991. The number of aromatic carboxylic acids is 1. The SMILES string of the molecule is CC(C)COc1ncccc1-c1cc(=O)c2cc(C(=O)O)ccc2o1. The molecule has 0 bridgehead atoms. The van der Waals surface area contributed by atoms with Crippen LogP contribution in [0.5, 0.6) is 5.88 Å². The van der Waals surface area contributed by atoms with E-state index in [9.17, 15) is 9.59 Å². The molecule has 2 heterocycles. The quantitative estimate of drug-likeness (QED) is 0.764. The Labute approximate surface area is 143 Å². The fourth-order valence-electron chi connectivity index (χ4n) is 2.36. The molecule has 0 saturated carbocycles. The summed E-state index contributed by atoms with van der Waals surface area (Å²) in [5.41, 5.74) is 0.600. The molecule has 0 unspecified atom stereocenters. The Morgan fingerprint density at radius 1 is 1.28 bits per heavy atom. The number of pyridine rings is 1. The average molecular weight is 339 g/mol. The standard InChI is InChI=1S/C19H17NO5/c1-11(2)10-24-18-13(4-3-7-20-18)17-9-15(21)14-8-12(19(22)23)5-6-16(14)25-17/h3-9,11H,10H2,1-2H3,(H,22,23). The van der Waals surface area contributed by atoms with E-state index in [1.807, 2.05) is 13.8 Å². The third-order valence-corrected chi connectivity index (χ3v) is 3.56. The van der Waals surface area contributed by atoms with Crippen molar-refractivity contribution in [2.45, 2.75) is 13.8 Å². The molecule has 0 aliphatic heterocycles. The van der Waals surface area contributed by atoms with Crippen LogP contribution in [0.25, 0.3) is 22.3 Å². The molecule has 0 aliphatic carbocycles. The van der Waals surface area contributed by atoms with Gasteiger partial charge in [0.1, 0.15) is 11.3 Å². The van der Waals surface area contributed by atoms with Crippen molar-refractivity contribution in [3.8, 4) is 17.2 Å². The summed E-state index contributed by atoms with van der Waals surface area (Å²) in [7, 11) is 0. The number of nitrogens with zero attached hydrogens (tertiary/aromatic N) is 1. The fourth-order valence-corrected chi connectivity index (χ4v) is 2.36. The van der Waals surface area contributed by atoms with Gasteiger partial charge in [0.15, 0.2) is 5.43 Å². The Morgan fingerprint density at radius 3 is 2.80 bits per heavy atom. The molecule has 1 N–H and O–H groups in total. The van der Waals surface area contributed by atoms with E-state index < -0.39 is 5.97 Å². The van der Waals surface area contributed by atoms with Gasteiger partial charge in [-0.15, -0.1) is 0 Å². The first-order chi connectivity index (χ1) is 12.0. The zero-order chi connectivity index (χ0) is 18.0. The second-order valence-corrected chi connectivity index (χ2v) is 6.05. The summed E-state index contributed by atoms with van der Waals surface area (Å²) in [6.45, 7) is 4.54. The minimum absolute atomic E-state index is 0.0369. The Kier molecular flexibility index (Phi) is 4.52. The summed E-state index contributed by atoms with van der Waals surface area (Å²) in [6.07, 6.45) is 1.61. The number of carbonyl (C=O) groups is 1. The van der Waals surface area contributed by atoms with Gasteiger partial charge in [0.05, 0.1) is 23.1 Å². The molecule has 0 atom stereocenters. The molecule has 3 rings (SSSR count). The minimum Gasteiger partial charge on any atom is -0.478 e. The first-order valence-corrected chi connectivity index (χ1v) is 7.85. The van der Waals surface area contributed by atoms with Gasteiger partial charge < -0.3 is 14.3 Å². The van der Waals surface area contributed by atoms with E-state index in [0.29, 0.717) is 35.3 Å². The highest BCUT2D eigenvalue weighted by molar-refractivity contribution is 5.93. The largest absolute Gasteiger partial charge is 0.478 e. The van der Waals surface area contributed by atoms with Crippen molar-refractivity contribution in [3.63, 3.8) is 0 Å². The van der Waals surface area contributed by atoms with Crippen LogP contribution >= 0.6 is 0 Å². The van der Waals surface area contributed by atoms with Crippen molar-refractivity contribution >= 4 is 16.9 Å². The van der Waals surface area contributed by atoms with Crippen LogP contribution in [-0.4, -0.2) is 22.7 Å². The highest BCUT2D eigenvalue weighted by atomic mass is 16.5. The minimum atomic E-state index is -1.10. The molecule has 0 fully saturated rings. The highest BCUT2D eigenvalue weighted by Crippen LogP contribution is 2.29. The lowest BCUT2D eigenvalue weighted by molar-refractivity contribution is 0.0697. The van der Waals surface area contributed by atoms with Gasteiger partial charge in [-0.2, -0.15) is 0 Å². The van der Waals surface area contributed by atoms with E-state index in [0.717, 1.165) is 0 Å². The maximum Gasteiger partial charge on any atom is 0.335 e. The average Bonchev–Trinajstić information content (AvgIpc) is 2.59. The molecule has 2 aromatic heterocycles. The molecule has 0 spiro atoms. The summed E-state index contributed by atoms with van der Waals surface area (Å²) >= 11 is 0. The van der Waals surface area contributed by atoms with Crippen LogP contribution in [-0.2, 0) is 0 Å². The molecule has 0 saturated heterocycles. The van der Waals surface area contributed by atoms with Gasteiger partial charge in [-0.3, -0.25) is 4.79 Å². The Morgan fingerprint density at radius 2 is 2.08 bits per heavy atom. The van der Waals surface area contributed by atoms with E-state index >= 15 is 0 Å². The van der Waals surface area contributed by atoms with Gasteiger partial charge in [-0.1, -0.05) is 13.8 Å². The lowest BCUT2D eigenvalue weighted by Crippen LogP contribution is -2.07. The zero-order valence-electron chi connectivity index (χ0n) is 13.9.